The first-order chi connectivity index (χ1) is 12.9. The monoisotopic (exact) mass is 368 g/mol. The molecule has 3 rings (SSSR count). The van der Waals surface area contributed by atoms with E-state index in [-0.39, 0.29) is 18.3 Å². The molecule has 0 atom stereocenters. The van der Waals surface area contributed by atoms with Crippen LogP contribution in [0.2, 0.25) is 0 Å². The van der Waals surface area contributed by atoms with E-state index >= 15 is 0 Å². The number of rotatable bonds is 6. The molecule has 0 bridgehead atoms. The summed E-state index contributed by atoms with van der Waals surface area (Å²) in [5, 5.41) is 0. The molecule has 1 amide bonds. The Bertz CT molecular complexity index is 898. The van der Waals surface area contributed by atoms with Crippen molar-refractivity contribution in [3.8, 4) is 0 Å². The molecule has 1 aromatic heterocycles. The molecule has 0 aliphatic carbocycles. The zero-order valence-corrected chi connectivity index (χ0v) is 15.9. The second-order valence-corrected chi connectivity index (χ2v) is 6.69. The number of hydrogen-bond donors (Lipinski definition) is 0. The zero-order chi connectivity index (χ0) is 19.6. The molecular weight excluding hydrogens is 344 g/mol. The smallest absolute Gasteiger partial charge is 0.340 e. The molecule has 0 spiro atoms. The van der Waals surface area contributed by atoms with Crippen molar-refractivity contribution in [1.82, 2.24) is 4.57 Å². The number of aryl methyl sites for hydroxylation is 1. The van der Waals surface area contributed by atoms with E-state index in [0.29, 0.717) is 29.8 Å². The van der Waals surface area contributed by atoms with Crippen LogP contribution in [-0.4, -0.2) is 35.4 Å². The predicted octanol–water partition coefficient (Wildman–Crippen LogP) is 3.29. The van der Waals surface area contributed by atoms with Gasteiger partial charge in [-0.05, 0) is 45.4 Å². The Morgan fingerprint density at radius 2 is 1.89 bits per heavy atom. The van der Waals surface area contributed by atoms with Crippen LogP contribution >= 0.6 is 0 Å². The SMILES string of the molecule is CCn1c(C)cc(C(=O)COC(=O)c2ccccc2N2CCCC2=O)c1C. The second kappa shape index (κ2) is 7.78. The van der Waals surface area contributed by atoms with Crippen LogP contribution < -0.4 is 4.90 Å². The largest absolute Gasteiger partial charge is 0.454 e. The number of ether oxygens (including phenoxy) is 1. The van der Waals surface area contributed by atoms with Crippen LogP contribution in [0.25, 0.3) is 0 Å². The molecule has 6 heteroatoms. The van der Waals surface area contributed by atoms with Crippen molar-refractivity contribution in [3.05, 3.63) is 52.8 Å². The van der Waals surface area contributed by atoms with Gasteiger partial charge in [0.1, 0.15) is 0 Å². The Morgan fingerprint density at radius 1 is 1.15 bits per heavy atom. The van der Waals surface area contributed by atoms with E-state index in [1.54, 1.807) is 29.2 Å². The minimum Gasteiger partial charge on any atom is -0.454 e. The van der Waals surface area contributed by atoms with E-state index in [1.165, 1.54) is 0 Å². The fourth-order valence-electron chi connectivity index (χ4n) is 3.64. The molecule has 1 fully saturated rings. The number of Topliss-reactive ketones (excluding diaryl/α,β-unsaturated/α-hetero) is 1. The van der Waals surface area contributed by atoms with Gasteiger partial charge in [0, 0.05) is 36.5 Å². The number of para-hydroxylation sites is 1. The number of hydrogen-bond acceptors (Lipinski definition) is 4. The van der Waals surface area contributed by atoms with Crippen LogP contribution in [0.4, 0.5) is 5.69 Å². The predicted molar refractivity (Wildman–Crippen MR) is 102 cm³/mol. The van der Waals surface area contributed by atoms with Crippen molar-refractivity contribution in [2.45, 2.75) is 40.2 Å². The fraction of sp³-hybridized carbons (Fsp3) is 0.381. The van der Waals surface area contributed by atoms with E-state index < -0.39 is 5.97 Å². The highest BCUT2D eigenvalue weighted by atomic mass is 16.5. The van der Waals surface area contributed by atoms with E-state index in [2.05, 4.69) is 0 Å². The number of benzene rings is 1. The van der Waals surface area contributed by atoms with Gasteiger partial charge in [0.15, 0.2) is 6.61 Å². The first kappa shape index (κ1) is 18.9. The number of carbonyl (C=O) groups is 3. The van der Waals surface area contributed by atoms with Gasteiger partial charge in [-0.25, -0.2) is 4.79 Å². The summed E-state index contributed by atoms with van der Waals surface area (Å²) in [6, 6.07) is 8.68. The van der Waals surface area contributed by atoms with Crippen molar-refractivity contribution in [3.63, 3.8) is 0 Å². The van der Waals surface area contributed by atoms with Crippen LogP contribution in [-0.2, 0) is 16.1 Å². The zero-order valence-electron chi connectivity index (χ0n) is 15.9. The number of anilines is 1. The first-order valence-electron chi connectivity index (χ1n) is 9.20. The lowest BCUT2D eigenvalue weighted by atomic mass is 10.1. The maximum absolute atomic E-state index is 12.6. The number of carbonyl (C=O) groups excluding carboxylic acids is 3. The van der Waals surface area contributed by atoms with Gasteiger partial charge in [0.25, 0.3) is 0 Å². The lowest BCUT2D eigenvalue weighted by Gasteiger charge is -2.18. The average Bonchev–Trinajstić information content (AvgIpc) is 3.21. The maximum atomic E-state index is 12.6. The van der Waals surface area contributed by atoms with Crippen molar-refractivity contribution >= 4 is 23.3 Å². The summed E-state index contributed by atoms with van der Waals surface area (Å²) in [6.07, 6.45) is 1.25. The molecule has 2 aromatic rings. The molecule has 0 saturated carbocycles. The van der Waals surface area contributed by atoms with Crippen LogP contribution in [0, 0.1) is 13.8 Å². The Hall–Kier alpha value is -2.89. The third-order valence-corrected chi connectivity index (χ3v) is 5.01. The number of amides is 1. The summed E-state index contributed by atoms with van der Waals surface area (Å²) in [5.74, 6) is -0.827. The molecule has 1 aromatic carbocycles. The van der Waals surface area contributed by atoms with Gasteiger partial charge in [-0.1, -0.05) is 12.1 Å². The molecule has 1 saturated heterocycles. The molecule has 2 heterocycles. The van der Waals surface area contributed by atoms with Gasteiger partial charge in [-0.3, -0.25) is 9.59 Å². The van der Waals surface area contributed by atoms with Gasteiger partial charge in [-0.15, -0.1) is 0 Å². The third-order valence-electron chi connectivity index (χ3n) is 5.01. The molecule has 0 radical (unpaired) electrons. The third kappa shape index (κ3) is 3.65. The number of aromatic nitrogens is 1. The molecule has 0 unspecified atom stereocenters. The van der Waals surface area contributed by atoms with E-state index in [4.69, 9.17) is 4.74 Å². The lowest BCUT2D eigenvalue weighted by molar-refractivity contribution is -0.117. The minimum atomic E-state index is -0.594. The van der Waals surface area contributed by atoms with Crippen LogP contribution in [0.3, 0.4) is 0 Å². The van der Waals surface area contributed by atoms with Gasteiger partial charge in [0.2, 0.25) is 11.7 Å². The molecular formula is C21H24N2O4. The summed E-state index contributed by atoms with van der Waals surface area (Å²) in [6.45, 7) is 6.90. The highest BCUT2D eigenvalue weighted by molar-refractivity contribution is 6.05. The first-order valence-corrected chi connectivity index (χ1v) is 9.20. The number of nitrogens with zero attached hydrogens (tertiary/aromatic N) is 2. The Morgan fingerprint density at radius 3 is 2.52 bits per heavy atom. The van der Waals surface area contributed by atoms with Gasteiger partial charge >= 0.3 is 5.97 Å². The molecule has 0 N–H and O–H groups in total. The molecule has 1 aliphatic heterocycles. The van der Waals surface area contributed by atoms with E-state index in [0.717, 1.165) is 24.4 Å². The standard InChI is InChI=1S/C21H24N2O4/c1-4-22-14(2)12-17(15(22)3)19(24)13-27-21(26)16-8-5-6-9-18(16)23-11-7-10-20(23)25/h5-6,8-9,12H,4,7,10-11,13H2,1-3H3. The maximum Gasteiger partial charge on any atom is 0.340 e. The number of ketones is 1. The van der Waals surface area contributed by atoms with Crippen LogP contribution in [0.1, 0.15) is 51.9 Å². The summed E-state index contributed by atoms with van der Waals surface area (Å²) in [5.41, 5.74) is 3.30. The Kier molecular flexibility index (Phi) is 5.44. The van der Waals surface area contributed by atoms with Crippen LogP contribution in [0.15, 0.2) is 30.3 Å². The summed E-state index contributed by atoms with van der Waals surface area (Å²) in [4.78, 5) is 38.7. The van der Waals surface area contributed by atoms with E-state index in [9.17, 15) is 14.4 Å². The Balaban J connectivity index is 1.73. The topological polar surface area (TPSA) is 68.6 Å². The average molecular weight is 368 g/mol. The second-order valence-electron chi connectivity index (χ2n) is 6.69. The van der Waals surface area contributed by atoms with Gasteiger partial charge in [-0.2, -0.15) is 0 Å². The molecule has 6 nitrogen and oxygen atoms in total. The highest BCUT2D eigenvalue weighted by Crippen LogP contribution is 2.26. The molecule has 27 heavy (non-hydrogen) atoms. The van der Waals surface area contributed by atoms with Crippen molar-refractivity contribution in [2.75, 3.05) is 18.1 Å². The summed E-state index contributed by atoms with van der Waals surface area (Å²) >= 11 is 0. The number of esters is 1. The van der Waals surface area contributed by atoms with Gasteiger partial charge < -0.3 is 14.2 Å². The van der Waals surface area contributed by atoms with Crippen molar-refractivity contribution in [1.29, 1.82) is 0 Å². The van der Waals surface area contributed by atoms with E-state index in [1.807, 2.05) is 31.4 Å². The van der Waals surface area contributed by atoms with Crippen LogP contribution in [0.5, 0.6) is 0 Å². The fourth-order valence-corrected chi connectivity index (χ4v) is 3.64. The molecule has 142 valence electrons. The van der Waals surface area contributed by atoms with Gasteiger partial charge in [0.05, 0.1) is 11.3 Å². The minimum absolute atomic E-state index is 0.00154. The van der Waals surface area contributed by atoms with Crippen molar-refractivity contribution < 1.29 is 19.1 Å². The summed E-state index contributed by atoms with van der Waals surface area (Å²) in [7, 11) is 0. The lowest BCUT2D eigenvalue weighted by Crippen LogP contribution is -2.26. The quantitative estimate of drug-likeness (QED) is 0.580. The summed E-state index contributed by atoms with van der Waals surface area (Å²) < 4.78 is 7.33. The normalized spacial score (nSPS) is 13.9. The molecule has 1 aliphatic rings. The Labute approximate surface area is 158 Å². The van der Waals surface area contributed by atoms with Crippen molar-refractivity contribution in [2.24, 2.45) is 0 Å². The highest BCUT2D eigenvalue weighted by Gasteiger charge is 2.26.